The van der Waals surface area contributed by atoms with Crippen molar-refractivity contribution in [1.82, 2.24) is 0 Å². The molecule has 4 nitrogen and oxygen atoms in total. The highest BCUT2D eigenvalue weighted by Crippen LogP contribution is 2.18. The second-order valence-corrected chi connectivity index (χ2v) is 6.72. The maximum absolute atomic E-state index is 12.3. The van der Waals surface area contributed by atoms with E-state index in [9.17, 15) is 13.2 Å². The Morgan fingerprint density at radius 1 is 1.05 bits per heavy atom. The molecule has 114 valence electrons. The molecule has 0 spiro atoms. The summed E-state index contributed by atoms with van der Waals surface area (Å²) in [7, 11) is -3.43. The quantitative estimate of drug-likeness (QED) is 0.680. The number of anilines is 1. The number of para-hydroxylation sites is 1. The van der Waals surface area contributed by atoms with Crippen LogP contribution >= 0.6 is 0 Å². The minimum atomic E-state index is -3.43. The van der Waals surface area contributed by atoms with Crippen molar-refractivity contribution in [2.45, 2.75) is 6.92 Å². The summed E-state index contributed by atoms with van der Waals surface area (Å²) >= 11 is 0. The highest BCUT2D eigenvalue weighted by Gasteiger charge is 2.11. The average molecular weight is 315 g/mol. The molecule has 0 aliphatic heterocycles. The zero-order valence-electron chi connectivity index (χ0n) is 12.4. The average Bonchev–Trinajstić information content (AvgIpc) is 2.45. The second-order valence-electron chi connectivity index (χ2n) is 4.97. The Kier molecular flexibility index (Phi) is 4.78. The zero-order chi connectivity index (χ0) is 16.2. The van der Waals surface area contributed by atoms with E-state index in [1.807, 2.05) is 31.2 Å². The van der Waals surface area contributed by atoms with Gasteiger partial charge in [-0.2, -0.15) is 0 Å². The van der Waals surface area contributed by atoms with E-state index < -0.39 is 10.0 Å². The molecular weight excluding hydrogens is 298 g/mol. The molecule has 0 saturated carbocycles. The van der Waals surface area contributed by atoms with Crippen LogP contribution in [0.1, 0.15) is 21.5 Å². The summed E-state index contributed by atoms with van der Waals surface area (Å²) in [6.07, 6.45) is 4.23. The molecular formula is C17H17NO3S. The lowest BCUT2D eigenvalue weighted by Gasteiger charge is -2.08. The number of rotatable bonds is 5. The fourth-order valence-electron chi connectivity index (χ4n) is 2.02. The molecule has 0 aliphatic carbocycles. The van der Waals surface area contributed by atoms with Gasteiger partial charge in [0.1, 0.15) is 0 Å². The summed E-state index contributed by atoms with van der Waals surface area (Å²) in [4.78, 5) is 12.3. The van der Waals surface area contributed by atoms with Gasteiger partial charge in [-0.3, -0.25) is 9.52 Å². The van der Waals surface area contributed by atoms with Crippen LogP contribution in [0.5, 0.6) is 0 Å². The van der Waals surface area contributed by atoms with E-state index in [0.717, 1.165) is 17.4 Å². The van der Waals surface area contributed by atoms with Gasteiger partial charge in [0.15, 0.2) is 5.78 Å². The van der Waals surface area contributed by atoms with Crippen molar-refractivity contribution >= 4 is 27.6 Å². The molecule has 0 atom stereocenters. The Morgan fingerprint density at radius 2 is 1.68 bits per heavy atom. The summed E-state index contributed by atoms with van der Waals surface area (Å²) in [5.41, 5.74) is 2.61. The highest BCUT2D eigenvalue weighted by atomic mass is 32.2. The fraction of sp³-hybridized carbons (Fsp3) is 0.118. The van der Waals surface area contributed by atoms with Gasteiger partial charge in [-0.25, -0.2) is 8.42 Å². The lowest BCUT2D eigenvalue weighted by Crippen LogP contribution is -2.12. The molecule has 0 radical (unpaired) electrons. The van der Waals surface area contributed by atoms with Crippen molar-refractivity contribution in [3.8, 4) is 0 Å². The monoisotopic (exact) mass is 315 g/mol. The molecule has 0 aromatic heterocycles. The predicted molar refractivity (Wildman–Crippen MR) is 89.5 cm³/mol. The SMILES string of the molecule is Cc1ccccc1C=CC(=O)c1ccccc1NS(C)(=O)=O. The van der Waals surface area contributed by atoms with Crippen LogP contribution in [0.3, 0.4) is 0 Å². The smallest absolute Gasteiger partial charge is 0.229 e. The van der Waals surface area contributed by atoms with Crippen LogP contribution < -0.4 is 4.72 Å². The first-order chi connectivity index (χ1) is 10.4. The van der Waals surface area contributed by atoms with Gasteiger partial charge in [-0.15, -0.1) is 0 Å². The summed E-state index contributed by atoms with van der Waals surface area (Å²) in [6, 6.07) is 14.2. The number of carbonyl (C=O) groups is 1. The molecule has 0 aliphatic rings. The molecule has 0 saturated heterocycles. The Bertz CT molecular complexity index is 823. The van der Waals surface area contributed by atoms with Gasteiger partial charge in [-0.05, 0) is 36.3 Å². The van der Waals surface area contributed by atoms with Gasteiger partial charge in [0.2, 0.25) is 10.0 Å². The Balaban J connectivity index is 2.29. The molecule has 22 heavy (non-hydrogen) atoms. The van der Waals surface area contributed by atoms with Crippen LogP contribution in [-0.2, 0) is 10.0 Å². The van der Waals surface area contributed by atoms with Gasteiger partial charge >= 0.3 is 0 Å². The van der Waals surface area contributed by atoms with Crippen LogP contribution in [0.15, 0.2) is 54.6 Å². The van der Waals surface area contributed by atoms with Gasteiger partial charge in [0.25, 0.3) is 0 Å². The molecule has 5 heteroatoms. The Hall–Kier alpha value is -2.40. The van der Waals surface area contributed by atoms with Gasteiger partial charge in [0, 0.05) is 5.56 Å². The van der Waals surface area contributed by atoms with Crippen LogP contribution in [0.25, 0.3) is 6.08 Å². The molecule has 0 amide bonds. The number of hydrogen-bond donors (Lipinski definition) is 1. The predicted octanol–water partition coefficient (Wildman–Crippen LogP) is 3.26. The second kappa shape index (κ2) is 6.58. The van der Waals surface area contributed by atoms with Crippen LogP contribution in [-0.4, -0.2) is 20.5 Å². The van der Waals surface area contributed by atoms with Crippen molar-refractivity contribution < 1.29 is 13.2 Å². The third-order valence-electron chi connectivity index (χ3n) is 3.09. The maximum Gasteiger partial charge on any atom is 0.229 e. The maximum atomic E-state index is 12.3. The highest BCUT2D eigenvalue weighted by molar-refractivity contribution is 7.92. The Labute approximate surface area is 130 Å². The first-order valence-corrected chi connectivity index (χ1v) is 8.61. The molecule has 0 heterocycles. The minimum Gasteiger partial charge on any atom is -0.289 e. The number of sulfonamides is 1. The molecule has 1 N–H and O–H groups in total. The van der Waals surface area contributed by atoms with Gasteiger partial charge < -0.3 is 0 Å². The van der Waals surface area contributed by atoms with E-state index in [0.29, 0.717) is 5.56 Å². The van der Waals surface area contributed by atoms with Gasteiger partial charge in [0.05, 0.1) is 11.9 Å². The molecule has 2 aromatic carbocycles. The lowest BCUT2D eigenvalue weighted by atomic mass is 10.1. The normalized spacial score (nSPS) is 11.5. The zero-order valence-corrected chi connectivity index (χ0v) is 13.2. The number of aryl methyl sites for hydroxylation is 1. The number of ketones is 1. The van der Waals surface area contributed by atoms with E-state index in [-0.39, 0.29) is 11.5 Å². The molecule has 2 aromatic rings. The van der Waals surface area contributed by atoms with Crippen LogP contribution in [0.2, 0.25) is 0 Å². The standard InChI is InChI=1S/C17H17NO3S/c1-13-7-3-4-8-14(13)11-12-17(19)15-9-5-6-10-16(15)18-22(2,20)21/h3-12,18H,1-2H3. The summed E-state index contributed by atoms with van der Waals surface area (Å²) in [5, 5.41) is 0. The summed E-state index contributed by atoms with van der Waals surface area (Å²) < 4.78 is 25.1. The van der Waals surface area contributed by atoms with Gasteiger partial charge in [-0.1, -0.05) is 42.5 Å². The van der Waals surface area contributed by atoms with Crippen molar-refractivity contribution in [2.75, 3.05) is 11.0 Å². The number of nitrogens with one attached hydrogen (secondary N) is 1. The molecule has 0 unspecified atom stereocenters. The van der Waals surface area contributed by atoms with E-state index in [2.05, 4.69) is 4.72 Å². The molecule has 0 bridgehead atoms. The first-order valence-electron chi connectivity index (χ1n) is 6.72. The van der Waals surface area contributed by atoms with E-state index in [4.69, 9.17) is 0 Å². The van der Waals surface area contributed by atoms with Crippen molar-refractivity contribution in [3.63, 3.8) is 0 Å². The fourth-order valence-corrected chi connectivity index (χ4v) is 2.59. The lowest BCUT2D eigenvalue weighted by molar-refractivity contribution is 0.104. The summed E-state index contributed by atoms with van der Waals surface area (Å²) in [5.74, 6) is -0.255. The largest absolute Gasteiger partial charge is 0.289 e. The van der Waals surface area contributed by atoms with Crippen LogP contribution in [0.4, 0.5) is 5.69 Å². The topological polar surface area (TPSA) is 63.2 Å². The number of carbonyl (C=O) groups excluding carboxylic acids is 1. The third-order valence-corrected chi connectivity index (χ3v) is 3.68. The van der Waals surface area contributed by atoms with E-state index >= 15 is 0 Å². The molecule has 0 fully saturated rings. The van der Waals surface area contributed by atoms with Crippen molar-refractivity contribution in [3.05, 3.63) is 71.3 Å². The minimum absolute atomic E-state index is 0.255. The number of allylic oxidation sites excluding steroid dienone is 1. The number of benzene rings is 2. The molecule has 2 rings (SSSR count). The first kappa shape index (κ1) is 16.0. The number of hydrogen-bond acceptors (Lipinski definition) is 3. The summed E-state index contributed by atoms with van der Waals surface area (Å²) in [6.45, 7) is 1.96. The van der Waals surface area contributed by atoms with Crippen molar-refractivity contribution in [2.24, 2.45) is 0 Å². The van der Waals surface area contributed by atoms with E-state index in [1.54, 1.807) is 30.3 Å². The third kappa shape index (κ3) is 4.30. The van der Waals surface area contributed by atoms with E-state index in [1.165, 1.54) is 6.08 Å². The van der Waals surface area contributed by atoms with Crippen molar-refractivity contribution in [1.29, 1.82) is 0 Å². The van der Waals surface area contributed by atoms with Crippen LogP contribution in [0, 0.1) is 6.92 Å². The Morgan fingerprint density at radius 3 is 2.36 bits per heavy atom.